The average molecular weight is 340 g/mol. The van der Waals surface area contributed by atoms with Crippen LogP contribution < -0.4 is 4.90 Å². The van der Waals surface area contributed by atoms with E-state index in [0.29, 0.717) is 44.7 Å². The zero-order valence-corrected chi connectivity index (χ0v) is 13.8. The third-order valence-corrected chi connectivity index (χ3v) is 6.40. The highest BCUT2D eigenvalue weighted by molar-refractivity contribution is 7.91. The topological polar surface area (TPSA) is 57.7 Å². The maximum atomic E-state index is 13.8. The number of carbonyl (C=O) groups is 1. The molecule has 2 saturated heterocycles. The lowest BCUT2D eigenvalue weighted by Gasteiger charge is -2.38. The van der Waals surface area contributed by atoms with E-state index < -0.39 is 9.84 Å². The number of hydrogen-bond donors (Lipinski definition) is 0. The van der Waals surface area contributed by atoms with E-state index in [0.717, 1.165) is 0 Å². The predicted octanol–water partition coefficient (Wildman–Crippen LogP) is 1.30. The van der Waals surface area contributed by atoms with Gasteiger partial charge in [0.2, 0.25) is 5.91 Å². The molecule has 126 valence electrons. The fraction of sp³-hybridized carbons (Fsp3) is 0.562. The quantitative estimate of drug-likeness (QED) is 0.814. The van der Waals surface area contributed by atoms with Crippen LogP contribution in [0, 0.1) is 11.7 Å². The standard InChI is InChI=1S/C16H21FN2O3S/c17-14-3-1-2-4-15(14)18-7-9-19(10-8-18)16(20)13-5-11-23(21,22)12-6-13/h1-4,13H,5-12H2. The van der Waals surface area contributed by atoms with E-state index in [2.05, 4.69) is 0 Å². The summed E-state index contributed by atoms with van der Waals surface area (Å²) in [4.78, 5) is 16.3. The number of anilines is 1. The number of piperazine rings is 1. The molecule has 7 heteroatoms. The summed E-state index contributed by atoms with van der Waals surface area (Å²) in [5.74, 6) is -0.159. The van der Waals surface area contributed by atoms with Crippen molar-refractivity contribution in [2.45, 2.75) is 12.8 Å². The van der Waals surface area contributed by atoms with Crippen molar-refractivity contribution in [3.8, 4) is 0 Å². The maximum absolute atomic E-state index is 13.8. The Morgan fingerprint density at radius 3 is 2.26 bits per heavy atom. The highest BCUT2D eigenvalue weighted by Gasteiger charge is 2.32. The minimum Gasteiger partial charge on any atom is -0.366 e. The van der Waals surface area contributed by atoms with Crippen molar-refractivity contribution in [1.82, 2.24) is 4.90 Å². The summed E-state index contributed by atoms with van der Waals surface area (Å²) in [5.41, 5.74) is 0.573. The van der Waals surface area contributed by atoms with E-state index in [-0.39, 0.29) is 29.1 Å². The third-order valence-electron chi connectivity index (χ3n) is 4.69. The van der Waals surface area contributed by atoms with Crippen LogP contribution in [0.25, 0.3) is 0 Å². The first-order valence-corrected chi connectivity index (χ1v) is 9.77. The Bertz CT molecular complexity index is 670. The SMILES string of the molecule is O=C(C1CCS(=O)(=O)CC1)N1CCN(c2ccccc2F)CC1. The predicted molar refractivity (Wildman–Crippen MR) is 86.6 cm³/mol. The summed E-state index contributed by atoms with van der Waals surface area (Å²) in [7, 11) is -2.95. The molecule has 23 heavy (non-hydrogen) atoms. The number of amides is 1. The van der Waals surface area contributed by atoms with Crippen molar-refractivity contribution in [1.29, 1.82) is 0 Å². The van der Waals surface area contributed by atoms with Gasteiger partial charge >= 0.3 is 0 Å². The normalized spacial score (nSPS) is 22.1. The Kier molecular flexibility index (Phi) is 4.57. The minimum absolute atomic E-state index is 0.0492. The molecule has 0 aliphatic carbocycles. The van der Waals surface area contributed by atoms with Gasteiger partial charge in [-0.15, -0.1) is 0 Å². The van der Waals surface area contributed by atoms with Crippen LogP contribution in [-0.2, 0) is 14.6 Å². The number of benzene rings is 1. The summed E-state index contributed by atoms with van der Waals surface area (Å²) >= 11 is 0. The fourth-order valence-electron chi connectivity index (χ4n) is 3.27. The molecule has 1 aromatic rings. The molecule has 1 amide bonds. The lowest BCUT2D eigenvalue weighted by molar-refractivity contribution is -0.136. The molecule has 0 radical (unpaired) electrons. The van der Waals surface area contributed by atoms with Crippen LogP contribution in [0.2, 0.25) is 0 Å². The van der Waals surface area contributed by atoms with Crippen LogP contribution >= 0.6 is 0 Å². The molecule has 0 bridgehead atoms. The monoisotopic (exact) mass is 340 g/mol. The van der Waals surface area contributed by atoms with Gasteiger partial charge in [-0.3, -0.25) is 4.79 Å². The van der Waals surface area contributed by atoms with Crippen LogP contribution in [0.3, 0.4) is 0 Å². The molecule has 5 nitrogen and oxygen atoms in total. The first-order valence-electron chi connectivity index (χ1n) is 7.95. The van der Waals surface area contributed by atoms with E-state index in [9.17, 15) is 17.6 Å². The van der Waals surface area contributed by atoms with Gasteiger partial charge < -0.3 is 9.80 Å². The third kappa shape index (κ3) is 3.65. The number of sulfone groups is 1. The smallest absolute Gasteiger partial charge is 0.225 e. The summed E-state index contributed by atoms with van der Waals surface area (Å²) in [5, 5.41) is 0. The van der Waals surface area contributed by atoms with Gasteiger partial charge in [-0.05, 0) is 25.0 Å². The molecule has 2 fully saturated rings. The summed E-state index contributed by atoms with van der Waals surface area (Å²) in [6.45, 7) is 2.29. The number of hydrogen-bond acceptors (Lipinski definition) is 4. The maximum Gasteiger partial charge on any atom is 0.225 e. The largest absolute Gasteiger partial charge is 0.366 e. The fourth-order valence-corrected chi connectivity index (χ4v) is 4.76. The van der Waals surface area contributed by atoms with Gasteiger partial charge in [-0.25, -0.2) is 12.8 Å². The Morgan fingerprint density at radius 2 is 1.65 bits per heavy atom. The minimum atomic E-state index is -2.95. The molecular formula is C16H21FN2O3S. The van der Waals surface area contributed by atoms with Crippen molar-refractivity contribution in [2.75, 3.05) is 42.6 Å². The Balaban J connectivity index is 1.57. The number of carbonyl (C=O) groups excluding carboxylic acids is 1. The van der Waals surface area contributed by atoms with Crippen LogP contribution in [0.4, 0.5) is 10.1 Å². The Hall–Kier alpha value is -1.63. The highest BCUT2D eigenvalue weighted by atomic mass is 32.2. The molecule has 0 saturated carbocycles. The van der Waals surface area contributed by atoms with E-state index in [1.807, 2.05) is 4.90 Å². The Labute approximate surface area is 136 Å². The molecule has 0 spiro atoms. The molecule has 2 aliphatic heterocycles. The second kappa shape index (κ2) is 6.47. The van der Waals surface area contributed by atoms with Gasteiger partial charge in [-0.2, -0.15) is 0 Å². The molecule has 2 heterocycles. The summed E-state index contributed by atoms with van der Waals surface area (Å²) in [6.07, 6.45) is 0.851. The molecule has 0 aromatic heterocycles. The number of halogens is 1. The van der Waals surface area contributed by atoms with Crippen LogP contribution in [0.5, 0.6) is 0 Å². The van der Waals surface area contributed by atoms with Crippen LogP contribution in [0.1, 0.15) is 12.8 Å². The molecule has 0 atom stereocenters. The lowest BCUT2D eigenvalue weighted by atomic mass is 10.0. The van der Waals surface area contributed by atoms with Crippen molar-refractivity contribution < 1.29 is 17.6 Å². The van der Waals surface area contributed by atoms with E-state index in [1.165, 1.54) is 6.07 Å². The number of para-hydroxylation sites is 1. The Morgan fingerprint density at radius 1 is 1.04 bits per heavy atom. The molecular weight excluding hydrogens is 319 g/mol. The van der Waals surface area contributed by atoms with Crippen LogP contribution in [0.15, 0.2) is 24.3 Å². The summed E-state index contributed by atoms with van der Waals surface area (Å²) < 4.78 is 36.7. The number of nitrogens with zero attached hydrogens (tertiary/aromatic N) is 2. The highest BCUT2D eigenvalue weighted by Crippen LogP contribution is 2.24. The van der Waals surface area contributed by atoms with E-state index >= 15 is 0 Å². The van der Waals surface area contributed by atoms with Crippen molar-refractivity contribution in [3.05, 3.63) is 30.1 Å². The van der Waals surface area contributed by atoms with Gasteiger partial charge in [0.15, 0.2) is 0 Å². The molecule has 0 N–H and O–H groups in total. The summed E-state index contributed by atoms with van der Waals surface area (Å²) in [6, 6.07) is 6.66. The first kappa shape index (κ1) is 16.2. The van der Waals surface area contributed by atoms with E-state index in [1.54, 1.807) is 23.1 Å². The van der Waals surface area contributed by atoms with Crippen molar-refractivity contribution in [3.63, 3.8) is 0 Å². The van der Waals surface area contributed by atoms with Crippen molar-refractivity contribution >= 4 is 21.4 Å². The molecule has 0 unspecified atom stereocenters. The molecule has 3 rings (SSSR count). The molecule has 1 aromatic carbocycles. The first-order chi connectivity index (χ1) is 11.0. The zero-order valence-electron chi connectivity index (χ0n) is 12.9. The van der Waals surface area contributed by atoms with Gasteiger partial charge in [0.1, 0.15) is 15.7 Å². The second-order valence-electron chi connectivity index (χ2n) is 6.19. The second-order valence-corrected chi connectivity index (χ2v) is 8.49. The van der Waals surface area contributed by atoms with Crippen LogP contribution in [-0.4, -0.2) is 56.9 Å². The van der Waals surface area contributed by atoms with E-state index in [4.69, 9.17) is 0 Å². The van der Waals surface area contributed by atoms with Gasteiger partial charge in [-0.1, -0.05) is 12.1 Å². The van der Waals surface area contributed by atoms with Gasteiger partial charge in [0, 0.05) is 32.1 Å². The van der Waals surface area contributed by atoms with Gasteiger partial charge in [0.25, 0.3) is 0 Å². The zero-order chi connectivity index (χ0) is 16.4. The number of rotatable bonds is 2. The molecule has 2 aliphatic rings. The average Bonchev–Trinajstić information content (AvgIpc) is 2.55. The van der Waals surface area contributed by atoms with Gasteiger partial charge in [0.05, 0.1) is 17.2 Å². The van der Waals surface area contributed by atoms with Crippen molar-refractivity contribution in [2.24, 2.45) is 5.92 Å². The lowest BCUT2D eigenvalue weighted by Crippen LogP contribution is -2.51.